The lowest BCUT2D eigenvalue weighted by Gasteiger charge is -2.33. The van der Waals surface area contributed by atoms with E-state index in [9.17, 15) is 31.1 Å². The number of aromatic nitrogens is 2. The van der Waals surface area contributed by atoms with E-state index in [0.717, 1.165) is 18.2 Å². The van der Waals surface area contributed by atoms with Gasteiger partial charge in [0.15, 0.2) is 11.7 Å². The zero-order valence-corrected chi connectivity index (χ0v) is 18.6. The van der Waals surface area contributed by atoms with Crippen LogP contribution >= 0.6 is 11.6 Å². The Hall–Kier alpha value is -3.41. The number of carbonyl (C=O) groups excluding carboxylic acids is 1. The molecule has 0 saturated carbocycles. The first-order valence-electron chi connectivity index (χ1n) is 10.1. The number of methoxy groups -OCH3 is 1. The highest BCUT2D eigenvalue weighted by molar-refractivity contribution is 6.31. The molecule has 186 valence electrons. The summed E-state index contributed by atoms with van der Waals surface area (Å²) in [5.74, 6) is -0.500. The summed E-state index contributed by atoms with van der Waals surface area (Å²) in [6, 6.07) is 7.57. The molecule has 4 rings (SSSR count). The molecule has 1 aromatic heterocycles. The summed E-state index contributed by atoms with van der Waals surface area (Å²) < 4.78 is 86.5. The first-order chi connectivity index (χ1) is 16.4. The van der Waals surface area contributed by atoms with Gasteiger partial charge < -0.3 is 15.4 Å². The summed E-state index contributed by atoms with van der Waals surface area (Å²) in [6.45, 7) is 0. The molecule has 3 aromatic rings. The van der Waals surface area contributed by atoms with Gasteiger partial charge in [0.2, 0.25) is 0 Å². The Morgan fingerprint density at radius 3 is 2.40 bits per heavy atom. The lowest BCUT2D eigenvalue weighted by molar-refractivity contribution is -0.173. The molecule has 0 spiro atoms. The number of anilines is 2. The van der Waals surface area contributed by atoms with Gasteiger partial charge in [0.05, 0.1) is 23.7 Å². The van der Waals surface area contributed by atoms with Gasteiger partial charge in [-0.2, -0.15) is 31.4 Å². The molecule has 13 heteroatoms. The van der Waals surface area contributed by atoms with Gasteiger partial charge in [0.1, 0.15) is 11.6 Å². The second kappa shape index (κ2) is 8.99. The number of hydrogen-bond donors (Lipinski definition) is 2. The van der Waals surface area contributed by atoms with Crippen molar-refractivity contribution >= 4 is 29.0 Å². The molecule has 0 unspecified atom stereocenters. The summed E-state index contributed by atoms with van der Waals surface area (Å²) in [6.07, 6.45) is -9.82. The number of carbonyl (C=O) groups is 1. The predicted molar refractivity (Wildman–Crippen MR) is 116 cm³/mol. The van der Waals surface area contributed by atoms with Crippen molar-refractivity contribution < 1.29 is 35.9 Å². The van der Waals surface area contributed by atoms with Gasteiger partial charge in [-0.05, 0) is 35.9 Å². The van der Waals surface area contributed by atoms with Crippen molar-refractivity contribution in [2.24, 2.45) is 0 Å². The van der Waals surface area contributed by atoms with Crippen molar-refractivity contribution in [1.29, 1.82) is 0 Å². The summed E-state index contributed by atoms with van der Waals surface area (Å²) in [4.78, 5) is 12.6. The third-order valence-corrected chi connectivity index (χ3v) is 5.80. The SMILES string of the molecule is COc1ccc([C@@H]2C[C@@H](C(F)(F)F)n3nc(C(=O)Nc4ccc(Cl)c(C(F)(F)F)c4)cc3N2)cc1. The number of fused-ring (bicyclic) bond motifs is 1. The van der Waals surface area contributed by atoms with Crippen LogP contribution in [0.5, 0.6) is 5.75 Å². The highest BCUT2D eigenvalue weighted by atomic mass is 35.5. The highest BCUT2D eigenvalue weighted by Gasteiger charge is 2.47. The van der Waals surface area contributed by atoms with Gasteiger partial charge in [0, 0.05) is 18.2 Å². The van der Waals surface area contributed by atoms with E-state index in [-0.39, 0.29) is 11.5 Å². The number of alkyl halides is 6. The van der Waals surface area contributed by atoms with Crippen LogP contribution < -0.4 is 15.4 Å². The zero-order chi connectivity index (χ0) is 25.5. The normalized spacial score (nSPS) is 17.9. The Morgan fingerprint density at radius 1 is 1.11 bits per heavy atom. The molecule has 2 heterocycles. The van der Waals surface area contributed by atoms with Crippen molar-refractivity contribution in [3.05, 3.63) is 70.4 Å². The van der Waals surface area contributed by atoms with Gasteiger partial charge in [-0.3, -0.25) is 4.79 Å². The monoisotopic (exact) mass is 518 g/mol. The van der Waals surface area contributed by atoms with E-state index >= 15 is 0 Å². The average molecular weight is 519 g/mol. The van der Waals surface area contributed by atoms with E-state index in [1.54, 1.807) is 24.3 Å². The smallest absolute Gasteiger partial charge is 0.417 e. The molecule has 2 atom stereocenters. The molecule has 1 aliphatic heterocycles. The number of amides is 1. The maximum atomic E-state index is 13.9. The minimum absolute atomic E-state index is 0.0587. The van der Waals surface area contributed by atoms with Gasteiger partial charge >= 0.3 is 12.4 Å². The number of rotatable bonds is 4. The van der Waals surface area contributed by atoms with Gasteiger partial charge in [-0.25, -0.2) is 4.68 Å². The Bertz CT molecular complexity index is 1240. The molecule has 0 radical (unpaired) electrons. The van der Waals surface area contributed by atoms with Crippen molar-refractivity contribution in [3.63, 3.8) is 0 Å². The van der Waals surface area contributed by atoms with Crippen LogP contribution in [0.1, 0.15) is 40.1 Å². The second-order valence-electron chi connectivity index (χ2n) is 7.77. The predicted octanol–water partition coefficient (Wildman–Crippen LogP) is 6.48. The van der Waals surface area contributed by atoms with Gasteiger partial charge in [-0.15, -0.1) is 0 Å². The minimum Gasteiger partial charge on any atom is -0.497 e. The number of halogens is 7. The summed E-state index contributed by atoms with van der Waals surface area (Å²) in [5, 5.41) is 8.39. The van der Waals surface area contributed by atoms with E-state index in [1.807, 2.05) is 0 Å². The maximum Gasteiger partial charge on any atom is 0.417 e. The molecule has 2 N–H and O–H groups in total. The van der Waals surface area contributed by atoms with Crippen LogP contribution in [0, 0.1) is 0 Å². The standard InChI is InChI=1S/C22H17ClF6N4O2/c1-35-13-5-2-11(3-6-13)16-9-18(22(27,28)29)33-19(31-16)10-17(32-33)20(34)30-12-4-7-15(23)14(8-12)21(24,25)26/h2-8,10,16,18,31H,9H2,1H3,(H,30,34)/t16-,18-/m0/s1. The molecular weight excluding hydrogens is 502 g/mol. The van der Waals surface area contributed by atoms with Crippen molar-refractivity contribution in [2.75, 3.05) is 17.7 Å². The topological polar surface area (TPSA) is 68.2 Å². The van der Waals surface area contributed by atoms with Crippen LogP contribution in [-0.4, -0.2) is 29.0 Å². The molecular formula is C22H17ClF6N4O2. The molecule has 2 aromatic carbocycles. The third kappa shape index (κ3) is 5.16. The number of ether oxygens (including phenoxy) is 1. The number of hydrogen-bond acceptors (Lipinski definition) is 4. The summed E-state index contributed by atoms with van der Waals surface area (Å²) in [7, 11) is 1.46. The summed E-state index contributed by atoms with van der Waals surface area (Å²) in [5.41, 5.74) is -1.24. The van der Waals surface area contributed by atoms with Crippen LogP contribution in [-0.2, 0) is 6.18 Å². The average Bonchev–Trinajstić information content (AvgIpc) is 3.22. The van der Waals surface area contributed by atoms with Crippen molar-refractivity contribution in [2.45, 2.75) is 30.9 Å². The molecule has 35 heavy (non-hydrogen) atoms. The van der Waals surface area contributed by atoms with Crippen LogP contribution in [0.2, 0.25) is 5.02 Å². The maximum absolute atomic E-state index is 13.9. The Kier molecular flexibility index (Phi) is 6.34. The molecule has 6 nitrogen and oxygen atoms in total. The zero-order valence-electron chi connectivity index (χ0n) is 17.8. The molecule has 0 saturated heterocycles. The number of nitrogens with one attached hydrogen (secondary N) is 2. The Labute approximate surface area is 199 Å². The highest BCUT2D eigenvalue weighted by Crippen LogP contribution is 2.44. The van der Waals surface area contributed by atoms with E-state index in [0.29, 0.717) is 22.1 Å². The van der Waals surface area contributed by atoms with E-state index in [4.69, 9.17) is 16.3 Å². The molecule has 0 bridgehead atoms. The Balaban J connectivity index is 1.62. The first-order valence-corrected chi connectivity index (χ1v) is 10.5. The number of benzene rings is 2. The molecule has 0 aliphatic carbocycles. The molecule has 1 amide bonds. The number of nitrogens with zero attached hydrogens (tertiary/aromatic N) is 2. The van der Waals surface area contributed by atoms with E-state index < -0.39 is 53.0 Å². The van der Waals surface area contributed by atoms with Gasteiger partial charge in [0.25, 0.3) is 5.91 Å². The quantitative estimate of drug-likeness (QED) is 0.388. The lowest BCUT2D eigenvalue weighted by atomic mass is 9.97. The molecule has 1 aliphatic rings. The van der Waals surface area contributed by atoms with E-state index in [1.165, 1.54) is 7.11 Å². The Morgan fingerprint density at radius 2 is 1.80 bits per heavy atom. The fourth-order valence-electron chi connectivity index (χ4n) is 3.75. The molecule has 0 fully saturated rings. The van der Waals surface area contributed by atoms with Crippen LogP contribution in [0.15, 0.2) is 48.5 Å². The fourth-order valence-corrected chi connectivity index (χ4v) is 3.98. The van der Waals surface area contributed by atoms with Gasteiger partial charge in [-0.1, -0.05) is 23.7 Å². The lowest BCUT2D eigenvalue weighted by Crippen LogP contribution is -2.35. The largest absolute Gasteiger partial charge is 0.497 e. The van der Waals surface area contributed by atoms with Crippen molar-refractivity contribution in [1.82, 2.24) is 9.78 Å². The van der Waals surface area contributed by atoms with Crippen LogP contribution in [0.3, 0.4) is 0 Å². The second-order valence-corrected chi connectivity index (χ2v) is 8.18. The van der Waals surface area contributed by atoms with Crippen LogP contribution in [0.25, 0.3) is 0 Å². The van der Waals surface area contributed by atoms with Crippen molar-refractivity contribution in [3.8, 4) is 5.75 Å². The third-order valence-electron chi connectivity index (χ3n) is 5.47. The minimum atomic E-state index is -4.76. The van der Waals surface area contributed by atoms with Crippen LogP contribution in [0.4, 0.5) is 37.8 Å². The fraction of sp³-hybridized carbons (Fsp3) is 0.273. The first kappa shape index (κ1) is 24.7. The van der Waals surface area contributed by atoms with E-state index in [2.05, 4.69) is 15.7 Å². The summed E-state index contributed by atoms with van der Waals surface area (Å²) >= 11 is 5.57.